The third-order valence-electron chi connectivity index (χ3n) is 5.58. The Labute approximate surface area is 173 Å². The Morgan fingerprint density at radius 2 is 1.83 bits per heavy atom. The molecule has 0 aliphatic rings. The van der Waals surface area contributed by atoms with Gasteiger partial charge in [-0.05, 0) is 50.7 Å². The minimum absolute atomic E-state index is 0.0248. The Morgan fingerprint density at radius 3 is 2.45 bits per heavy atom. The van der Waals surface area contributed by atoms with Crippen LogP contribution in [0.1, 0.15) is 53.0 Å². The van der Waals surface area contributed by atoms with Crippen molar-refractivity contribution >= 4 is 5.91 Å². The van der Waals surface area contributed by atoms with Crippen molar-refractivity contribution in [3.8, 4) is 0 Å². The Hall–Kier alpha value is -2.79. The number of benzene rings is 1. The molecule has 154 valence electrons. The van der Waals surface area contributed by atoms with Crippen LogP contribution in [0.3, 0.4) is 0 Å². The predicted molar refractivity (Wildman–Crippen MR) is 116 cm³/mol. The zero-order valence-electron chi connectivity index (χ0n) is 17.8. The van der Waals surface area contributed by atoms with Gasteiger partial charge in [0.05, 0.1) is 17.9 Å². The van der Waals surface area contributed by atoms with Gasteiger partial charge in [-0.3, -0.25) is 9.69 Å². The van der Waals surface area contributed by atoms with Crippen molar-refractivity contribution in [3.63, 3.8) is 0 Å². The maximum atomic E-state index is 13.0. The third kappa shape index (κ3) is 4.80. The number of furan rings is 1. The van der Waals surface area contributed by atoms with Crippen LogP contribution in [0, 0.1) is 13.8 Å². The van der Waals surface area contributed by atoms with Crippen molar-refractivity contribution in [1.29, 1.82) is 0 Å². The number of nitrogens with one attached hydrogen (secondary N) is 1. The van der Waals surface area contributed by atoms with E-state index in [0.717, 1.165) is 42.3 Å². The Bertz CT molecular complexity index is 909. The Kier molecular flexibility index (Phi) is 6.94. The van der Waals surface area contributed by atoms with E-state index in [1.807, 2.05) is 50.2 Å². The average molecular weight is 394 g/mol. The summed E-state index contributed by atoms with van der Waals surface area (Å²) in [6.45, 7) is 11.4. The lowest BCUT2D eigenvalue weighted by atomic mass is 10.1. The van der Waals surface area contributed by atoms with Crippen molar-refractivity contribution in [1.82, 2.24) is 14.8 Å². The maximum absolute atomic E-state index is 13.0. The maximum Gasteiger partial charge on any atom is 0.253 e. The third-order valence-corrected chi connectivity index (χ3v) is 5.58. The first-order chi connectivity index (χ1) is 14.0. The zero-order chi connectivity index (χ0) is 20.8. The number of aryl methyl sites for hydroxylation is 1. The van der Waals surface area contributed by atoms with E-state index in [2.05, 4.69) is 40.8 Å². The SMILES string of the molecule is CCN(CC)C(CNC(=O)c1cc(C)n(Cc2ccccc2)c1C)c1ccco1. The van der Waals surface area contributed by atoms with Crippen molar-refractivity contribution in [2.24, 2.45) is 0 Å². The van der Waals surface area contributed by atoms with Gasteiger partial charge in [-0.1, -0.05) is 44.2 Å². The van der Waals surface area contributed by atoms with Crippen LogP contribution in [0.5, 0.6) is 0 Å². The van der Waals surface area contributed by atoms with Crippen LogP contribution >= 0.6 is 0 Å². The molecule has 1 N–H and O–H groups in total. The molecule has 0 saturated heterocycles. The average Bonchev–Trinajstić information content (AvgIpc) is 3.36. The first-order valence-corrected chi connectivity index (χ1v) is 10.3. The predicted octanol–water partition coefficient (Wildman–Crippen LogP) is 4.56. The summed E-state index contributed by atoms with van der Waals surface area (Å²) in [6.07, 6.45) is 1.69. The van der Waals surface area contributed by atoms with Crippen LogP contribution in [-0.4, -0.2) is 35.0 Å². The number of nitrogens with zero attached hydrogens (tertiary/aromatic N) is 2. The molecule has 29 heavy (non-hydrogen) atoms. The van der Waals surface area contributed by atoms with Crippen LogP contribution in [0.2, 0.25) is 0 Å². The van der Waals surface area contributed by atoms with Gasteiger partial charge in [0.2, 0.25) is 0 Å². The standard InChI is InChI=1S/C24H31N3O2/c1-5-26(6-2)22(23-13-10-14-29-23)16-25-24(28)21-15-18(3)27(19(21)4)17-20-11-8-7-9-12-20/h7-15,22H,5-6,16-17H2,1-4H3,(H,25,28). The molecule has 0 aliphatic carbocycles. The summed E-state index contributed by atoms with van der Waals surface area (Å²) < 4.78 is 7.83. The topological polar surface area (TPSA) is 50.4 Å². The van der Waals surface area contributed by atoms with Gasteiger partial charge in [-0.15, -0.1) is 0 Å². The molecular weight excluding hydrogens is 362 g/mol. The van der Waals surface area contributed by atoms with Crippen LogP contribution in [-0.2, 0) is 6.54 Å². The molecule has 1 amide bonds. The number of hydrogen-bond donors (Lipinski definition) is 1. The number of likely N-dealkylation sites (N-methyl/N-ethyl adjacent to an activating group) is 1. The largest absolute Gasteiger partial charge is 0.468 e. The van der Waals surface area contributed by atoms with E-state index in [-0.39, 0.29) is 11.9 Å². The fourth-order valence-corrected chi connectivity index (χ4v) is 3.88. The van der Waals surface area contributed by atoms with Crippen LogP contribution in [0.25, 0.3) is 0 Å². The van der Waals surface area contributed by atoms with Crippen molar-refractivity contribution in [3.05, 3.63) is 83.1 Å². The highest BCUT2D eigenvalue weighted by molar-refractivity contribution is 5.95. The number of carbonyl (C=O) groups is 1. The molecule has 3 rings (SSSR count). The van der Waals surface area contributed by atoms with Crippen LogP contribution < -0.4 is 5.32 Å². The summed E-state index contributed by atoms with van der Waals surface area (Å²) in [4.78, 5) is 15.3. The van der Waals surface area contributed by atoms with Gasteiger partial charge < -0.3 is 14.3 Å². The van der Waals surface area contributed by atoms with Gasteiger partial charge in [0.25, 0.3) is 5.91 Å². The van der Waals surface area contributed by atoms with E-state index in [1.165, 1.54) is 5.56 Å². The van der Waals surface area contributed by atoms with Crippen molar-refractivity contribution in [2.75, 3.05) is 19.6 Å². The minimum atomic E-state index is -0.0406. The van der Waals surface area contributed by atoms with Crippen LogP contribution in [0.15, 0.2) is 59.2 Å². The summed E-state index contributed by atoms with van der Waals surface area (Å²) in [7, 11) is 0. The molecule has 5 nitrogen and oxygen atoms in total. The number of hydrogen-bond acceptors (Lipinski definition) is 3. The molecule has 0 radical (unpaired) electrons. The minimum Gasteiger partial charge on any atom is -0.468 e. The second-order valence-electron chi connectivity index (χ2n) is 7.32. The molecule has 3 aromatic rings. The van der Waals surface area contributed by atoms with Crippen molar-refractivity contribution < 1.29 is 9.21 Å². The van der Waals surface area contributed by atoms with Gasteiger partial charge in [0.1, 0.15) is 5.76 Å². The zero-order valence-corrected chi connectivity index (χ0v) is 17.8. The van der Waals surface area contributed by atoms with E-state index in [0.29, 0.717) is 6.54 Å². The van der Waals surface area contributed by atoms with E-state index in [9.17, 15) is 4.79 Å². The first-order valence-electron chi connectivity index (χ1n) is 10.3. The summed E-state index contributed by atoms with van der Waals surface area (Å²) in [6, 6.07) is 16.2. The van der Waals surface area contributed by atoms with Gasteiger partial charge in [-0.25, -0.2) is 0 Å². The highest BCUT2D eigenvalue weighted by atomic mass is 16.3. The first kappa shape index (κ1) is 20.9. The fraction of sp³-hybridized carbons (Fsp3) is 0.375. The van der Waals surface area contributed by atoms with Crippen molar-refractivity contribution in [2.45, 2.75) is 40.3 Å². The van der Waals surface area contributed by atoms with Gasteiger partial charge in [0, 0.05) is 24.5 Å². The lowest BCUT2D eigenvalue weighted by Crippen LogP contribution is -2.38. The highest BCUT2D eigenvalue weighted by Crippen LogP contribution is 2.21. The lowest BCUT2D eigenvalue weighted by molar-refractivity contribution is 0.0929. The molecule has 0 aliphatic heterocycles. The summed E-state index contributed by atoms with van der Waals surface area (Å²) in [5.74, 6) is 0.838. The van der Waals surface area contributed by atoms with Crippen LogP contribution in [0.4, 0.5) is 0 Å². The van der Waals surface area contributed by atoms with E-state index in [4.69, 9.17) is 4.42 Å². The second-order valence-corrected chi connectivity index (χ2v) is 7.32. The smallest absolute Gasteiger partial charge is 0.253 e. The number of aromatic nitrogens is 1. The molecule has 0 bridgehead atoms. The molecule has 1 atom stereocenters. The fourth-order valence-electron chi connectivity index (χ4n) is 3.88. The van der Waals surface area contributed by atoms with Gasteiger partial charge in [0.15, 0.2) is 0 Å². The number of carbonyl (C=O) groups excluding carboxylic acids is 1. The molecule has 2 aromatic heterocycles. The Balaban J connectivity index is 1.74. The van der Waals surface area contributed by atoms with Gasteiger partial charge >= 0.3 is 0 Å². The molecule has 1 aromatic carbocycles. The Morgan fingerprint density at radius 1 is 1.10 bits per heavy atom. The summed E-state index contributed by atoms with van der Waals surface area (Å²) in [5, 5.41) is 3.13. The lowest BCUT2D eigenvalue weighted by Gasteiger charge is -2.28. The second kappa shape index (κ2) is 9.61. The summed E-state index contributed by atoms with van der Waals surface area (Å²) in [5.41, 5.74) is 4.03. The summed E-state index contributed by atoms with van der Waals surface area (Å²) >= 11 is 0. The molecule has 1 unspecified atom stereocenters. The van der Waals surface area contributed by atoms with E-state index >= 15 is 0 Å². The highest BCUT2D eigenvalue weighted by Gasteiger charge is 2.23. The number of rotatable bonds is 9. The molecule has 5 heteroatoms. The molecule has 0 fully saturated rings. The molecular formula is C24H31N3O2. The molecule has 0 spiro atoms. The normalized spacial score (nSPS) is 12.3. The molecule has 0 saturated carbocycles. The number of amides is 1. The molecule has 2 heterocycles. The monoisotopic (exact) mass is 393 g/mol. The van der Waals surface area contributed by atoms with E-state index < -0.39 is 0 Å². The van der Waals surface area contributed by atoms with E-state index in [1.54, 1.807) is 6.26 Å². The van der Waals surface area contributed by atoms with Gasteiger partial charge in [-0.2, -0.15) is 0 Å². The quantitative estimate of drug-likeness (QED) is 0.580.